The van der Waals surface area contributed by atoms with Gasteiger partial charge in [0.15, 0.2) is 0 Å². The summed E-state index contributed by atoms with van der Waals surface area (Å²) in [5, 5.41) is 4.55. The molecule has 3 aliphatic heterocycles. The molecule has 1 aromatic carbocycles. The minimum Gasteiger partial charge on any atom is -0.497 e. The van der Waals surface area contributed by atoms with Gasteiger partial charge in [0.05, 0.1) is 32.0 Å². The fourth-order valence-electron chi connectivity index (χ4n) is 7.21. The Hall–Kier alpha value is -3.00. The van der Waals surface area contributed by atoms with Crippen LogP contribution in [0.3, 0.4) is 0 Å². The van der Waals surface area contributed by atoms with Crippen molar-refractivity contribution in [2.24, 2.45) is 7.05 Å². The molecule has 5 rings (SSSR count). The number of amides is 2. The highest BCUT2D eigenvalue weighted by Crippen LogP contribution is 2.51. The number of carbonyl (C=O) groups is 1. The van der Waals surface area contributed by atoms with Crippen LogP contribution in [0.1, 0.15) is 68.8 Å². The molecule has 0 saturated carbocycles. The van der Waals surface area contributed by atoms with Gasteiger partial charge in [0.1, 0.15) is 11.5 Å². The lowest BCUT2D eigenvalue weighted by atomic mass is 9.76. The van der Waals surface area contributed by atoms with Gasteiger partial charge in [-0.3, -0.25) is 14.5 Å². The highest BCUT2D eigenvalue weighted by molar-refractivity contribution is 5.83. The number of urea groups is 1. The van der Waals surface area contributed by atoms with Crippen LogP contribution in [0.5, 0.6) is 11.5 Å². The number of nitrogens with zero attached hydrogens (tertiary/aromatic N) is 5. The molecule has 200 valence electrons. The minimum absolute atomic E-state index is 0.103. The molecule has 1 unspecified atom stereocenters. The van der Waals surface area contributed by atoms with Crippen molar-refractivity contribution in [3.05, 3.63) is 52.5 Å². The molecule has 2 amide bonds. The van der Waals surface area contributed by atoms with Crippen LogP contribution in [-0.4, -0.2) is 68.9 Å². The van der Waals surface area contributed by atoms with E-state index in [1.54, 1.807) is 14.2 Å². The van der Waals surface area contributed by atoms with Gasteiger partial charge >= 0.3 is 6.03 Å². The number of aryl methyl sites for hydroxylation is 2. The second-order valence-electron chi connectivity index (χ2n) is 11.1. The number of fused-ring (bicyclic) bond motifs is 3. The molecule has 2 saturated heterocycles. The molecule has 0 aliphatic carbocycles. The second-order valence-corrected chi connectivity index (χ2v) is 11.1. The average molecular weight is 508 g/mol. The Morgan fingerprint density at radius 2 is 1.81 bits per heavy atom. The van der Waals surface area contributed by atoms with E-state index in [4.69, 9.17) is 9.47 Å². The van der Waals surface area contributed by atoms with Crippen molar-refractivity contribution < 1.29 is 14.3 Å². The molecule has 0 bridgehead atoms. The van der Waals surface area contributed by atoms with Crippen LogP contribution in [0.15, 0.2) is 30.1 Å². The summed E-state index contributed by atoms with van der Waals surface area (Å²) in [5.41, 5.74) is 5.41. The van der Waals surface area contributed by atoms with Gasteiger partial charge in [0, 0.05) is 67.2 Å². The predicted octanol–water partition coefficient (Wildman–Crippen LogP) is 4.82. The Bertz CT molecular complexity index is 1220. The van der Waals surface area contributed by atoms with E-state index in [0.717, 1.165) is 53.4 Å². The lowest BCUT2D eigenvalue weighted by molar-refractivity contribution is 0.0140. The van der Waals surface area contributed by atoms with Gasteiger partial charge in [-0.25, -0.2) is 4.79 Å². The summed E-state index contributed by atoms with van der Waals surface area (Å²) in [6.45, 7) is 13.1. The molecule has 0 N–H and O–H groups in total. The fraction of sp³-hybridized carbons (Fsp3) is 0.586. The topological polar surface area (TPSA) is 63.1 Å². The Balaban J connectivity index is 1.53. The summed E-state index contributed by atoms with van der Waals surface area (Å²) in [7, 11) is 5.35. The third-order valence-electron chi connectivity index (χ3n) is 8.78. The molecule has 3 aliphatic rings. The smallest absolute Gasteiger partial charge is 0.325 e. The van der Waals surface area contributed by atoms with Crippen molar-refractivity contribution in [1.82, 2.24) is 24.5 Å². The highest BCUT2D eigenvalue weighted by atomic mass is 16.5. The first kappa shape index (κ1) is 25.6. The summed E-state index contributed by atoms with van der Waals surface area (Å²) < 4.78 is 13.3. The molecular weight excluding hydrogens is 466 g/mol. The van der Waals surface area contributed by atoms with E-state index in [0.29, 0.717) is 25.2 Å². The van der Waals surface area contributed by atoms with E-state index in [1.807, 2.05) is 22.7 Å². The maximum absolute atomic E-state index is 14.0. The molecule has 1 aromatic heterocycles. The van der Waals surface area contributed by atoms with Gasteiger partial charge in [-0.2, -0.15) is 5.10 Å². The summed E-state index contributed by atoms with van der Waals surface area (Å²) in [6.07, 6.45) is 6.27. The number of benzene rings is 1. The van der Waals surface area contributed by atoms with Gasteiger partial charge in [0.2, 0.25) is 0 Å². The Morgan fingerprint density at radius 3 is 2.38 bits per heavy atom. The molecule has 1 spiro atoms. The van der Waals surface area contributed by atoms with E-state index in [9.17, 15) is 4.79 Å². The van der Waals surface area contributed by atoms with Crippen molar-refractivity contribution in [3.63, 3.8) is 0 Å². The number of aromatic nitrogens is 2. The molecule has 2 fully saturated rings. The number of piperidine rings is 1. The standard InChI is InChI=1S/C29H41N5O3/c1-9-34-28(35)33-16-22-11-24(36-7)12-25(37-8)27(22)18(2)10-26(33)29(34)13-19(3)32(20(4)14-29)17-23-15-31(6)30-21(23)5/h10-12,15,18-20H,9,13-14,16-17H2,1-8H3/t18-,19-,20+,29?/m0/s1. The third-order valence-corrected chi connectivity index (χ3v) is 8.78. The first-order valence-corrected chi connectivity index (χ1v) is 13.4. The zero-order valence-corrected chi connectivity index (χ0v) is 23.5. The van der Waals surface area contributed by atoms with Gasteiger partial charge in [0.25, 0.3) is 0 Å². The average Bonchev–Trinajstić information content (AvgIpc) is 3.20. The number of allylic oxidation sites excluding steroid dienone is 1. The van der Waals surface area contributed by atoms with Crippen molar-refractivity contribution >= 4 is 6.03 Å². The largest absolute Gasteiger partial charge is 0.497 e. The number of carbonyl (C=O) groups excluding carboxylic acids is 1. The molecular formula is C29H41N5O3. The lowest BCUT2D eigenvalue weighted by Crippen LogP contribution is -2.59. The molecule has 8 heteroatoms. The minimum atomic E-state index is -0.321. The Labute approximate surface area is 220 Å². The van der Waals surface area contributed by atoms with Crippen LogP contribution in [0.2, 0.25) is 0 Å². The summed E-state index contributed by atoms with van der Waals surface area (Å²) in [5.74, 6) is 1.68. The third kappa shape index (κ3) is 4.00. The van der Waals surface area contributed by atoms with Crippen molar-refractivity contribution in [3.8, 4) is 11.5 Å². The summed E-state index contributed by atoms with van der Waals surface area (Å²) >= 11 is 0. The first-order chi connectivity index (χ1) is 17.6. The van der Waals surface area contributed by atoms with Crippen LogP contribution in [0, 0.1) is 6.92 Å². The lowest BCUT2D eigenvalue weighted by Gasteiger charge is -2.51. The van der Waals surface area contributed by atoms with Crippen LogP contribution < -0.4 is 9.47 Å². The van der Waals surface area contributed by atoms with Gasteiger partial charge in [-0.15, -0.1) is 0 Å². The maximum Gasteiger partial charge on any atom is 0.325 e. The fourth-order valence-corrected chi connectivity index (χ4v) is 7.21. The van der Waals surface area contributed by atoms with E-state index in [1.165, 1.54) is 5.56 Å². The number of rotatable bonds is 5. The number of ether oxygens (including phenoxy) is 2. The van der Waals surface area contributed by atoms with Crippen molar-refractivity contribution in [2.45, 2.75) is 84.1 Å². The Morgan fingerprint density at radius 1 is 1.11 bits per heavy atom. The molecule has 0 radical (unpaired) electrons. The molecule has 4 atom stereocenters. The number of hydrogen-bond acceptors (Lipinski definition) is 5. The van der Waals surface area contributed by atoms with E-state index in [-0.39, 0.29) is 17.5 Å². The molecule has 2 aromatic rings. The second kappa shape index (κ2) is 9.39. The molecule has 4 heterocycles. The SMILES string of the molecule is CCN1C(=O)N2Cc3cc(OC)cc(OC)c3[C@@H](C)C=C2C12C[C@@H](C)N(Cc1cn(C)nc1C)[C@@H](C)C2. The zero-order valence-electron chi connectivity index (χ0n) is 23.5. The first-order valence-electron chi connectivity index (χ1n) is 13.4. The quantitative estimate of drug-likeness (QED) is 0.581. The Kier molecular flexibility index (Phi) is 6.51. The van der Waals surface area contributed by atoms with Crippen LogP contribution in [0.25, 0.3) is 0 Å². The van der Waals surface area contributed by atoms with Gasteiger partial charge in [-0.1, -0.05) is 13.0 Å². The van der Waals surface area contributed by atoms with E-state index >= 15 is 0 Å². The van der Waals surface area contributed by atoms with Crippen LogP contribution in [-0.2, 0) is 20.1 Å². The van der Waals surface area contributed by atoms with Crippen molar-refractivity contribution in [2.75, 3.05) is 20.8 Å². The highest BCUT2D eigenvalue weighted by Gasteiger charge is 2.57. The molecule has 8 nitrogen and oxygen atoms in total. The summed E-state index contributed by atoms with van der Waals surface area (Å²) in [4.78, 5) is 20.7. The number of likely N-dealkylation sites (N-methyl/N-ethyl adjacent to an activating group) is 1. The van der Waals surface area contributed by atoms with E-state index in [2.05, 4.69) is 67.9 Å². The zero-order chi connectivity index (χ0) is 26.6. The molecule has 37 heavy (non-hydrogen) atoms. The number of hydrogen-bond donors (Lipinski definition) is 0. The summed E-state index contributed by atoms with van der Waals surface area (Å²) in [6, 6.07) is 4.72. The van der Waals surface area contributed by atoms with Gasteiger partial charge in [-0.05, 0) is 52.2 Å². The van der Waals surface area contributed by atoms with Crippen molar-refractivity contribution in [1.29, 1.82) is 0 Å². The number of likely N-dealkylation sites (tertiary alicyclic amines) is 1. The monoisotopic (exact) mass is 507 g/mol. The van der Waals surface area contributed by atoms with Gasteiger partial charge < -0.3 is 14.4 Å². The maximum atomic E-state index is 14.0. The predicted molar refractivity (Wildman–Crippen MR) is 144 cm³/mol. The normalized spacial score (nSPS) is 27.7. The van der Waals surface area contributed by atoms with E-state index < -0.39 is 0 Å². The van der Waals surface area contributed by atoms with Crippen LogP contribution in [0.4, 0.5) is 4.79 Å². The number of methoxy groups -OCH3 is 2. The van der Waals surface area contributed by atoms with Crippen LogP contribution >= 0.6 is 0 Å².